The van der Waals surface area contributed by atoms with Crippen molar-refractivity contribution in [2.45, 2.75) is 13.3 Å². The normalized spacial score (nSPS) is 12.4. The second-order valence-electron chi connectivity index (χ2n) is 7.06. The van der Waals surface area contributed by atoms with Crippen LogP contribution in [0.25, 0.3) is 5.76 Å². The van der Waals surface area contributed by atoms with Crippen molar-refractivity contribution in [2.24, 2.45) is 4.99 Å². The van der Waals surface area contributed by atoms with E-state index < -0.39 is 17.8 Å². The maximum absolute atomic E-state index is 13.9. The van der Waals surface area contributed by atoms with Crippen LogP contribution in [0.4, 0.5) is 20.6 Å². The summed E-state index contributed by atoms with van der Waals surface area (Å²) >= 11 is 1.27. The number of urea groups is 1. The SMILES string of the molecule is COC(=O)c1cc2c(s1)=C(Oc1cccc(NC(=O)Nc3cc(C)ccc3F)c1)CCN=2. The highest BCUT2D eigenvalue weighted by Crippen LogP contribution is 2.22. The van der Waals surface area contributed by atoms with Gasteiger partial charge in [0.1, 0.15) is 22.2 Å². The molecule has 1 aliphatic heterocycles. The molecule has 0 saturated carbocycles. The van der Waals surface area contributed by atoms with Crippen LogP contribution in [0.2, 0.25) is 0 Å². The maximum Gasteiger partial charge on any atom is 0.348 e. The van der Waals surface area contributed by atoms with Gasteiger partial charge in [0.25, 0.3) is 0 Å². The Balaban J connectivity index is 1.52. The van der Waals surface area contributed by atoms with Crippen molar-refractivity contribution < 1.29 is 23.5 Å². The molecule has 32 heavy (non-hydrogen) atoms. The minimum absolute atomic E-state index is 0.100. The number of esters is 1. The van der Waals surface area contributed by atoms with Crippen LogP contribution in [-0.2, 0) is 4.74 Å². The van der Waals surface area contributed by atoms with E-state index in [9.17, 15) is 14.0 Å². The Bertz CT molecular complexity index is 1320. The minimum Gasteiger partial charge on any atom is -0.465 e. The Kier molecular flexibility index (Phi) is 6.18. The molecule has 0 fully saturated rings. The summed E-state index contributed by atoms with van der Waals surface area (Å²) in [5.41, 5.74) is 1.41. The van der Waals surface area contributed by atoms with Gasteiger partial charge in [-0.15, -0.1) is 11.3 Å². The van der Waals surface area contributed by atoms with Crippen molar-refractivity contribution >= 4 is 40.5 Å². The van der Waals surface area contributed by atoms with E-state index in [1.165, 1.54) is 24.5 Å². The number of halogens is 1. The lowest BCUT2D eigenvalue weighted by molar-refractivity contribution is 0.0606. The van der Waals surface area contributed by atoms with Gasteiger partial charge in [0, 0.05) is 24.7 Å². The van der Waals surface area contributed by atoms with Gasteiger partial charge in [-0.1, -0.05) is 12.1 Å². The van der Waals surface area contributed by atoms with E-state index in [0.717, 1.165) is 10.1 Å². The molecule has 1 aliphatic rings. The monoisotopic (exact) mass is 453 g/mol. The molecule has 0 atom stereocenters. The largest absolute Gasteiger partial charge is 0.465 e. The standard InChI is InChI=1S/C23H20FN3O4S/c1-13-6-7-16(24)17(10-13)27-23(29)26-14-4-3-5-15(11-14)31-19-8-9-25-18-12-20(22(28)30-2)32-21(18)19/h3-7,10-12H,8-9H2,1-2H3,(H2,26,27,29). The quantitative estimate of drug-likeness (QED) is 0.575. The smallest absolute Gasteiger partial charge is 0.348 e. The lowest BCUT2D eigenvalue weighted by Crippen LogP contribution is -2.28. The molecule has 2 amide bonds. The molecule has 9 heteroatoms. The molecule has 0 radical (unpaired) electrons. The highest BCUT2D eigenvalue weighted by Gasteiger charge is 2.16. The summed E-state index contributed by atoms with van der Waals surface area (Å²) in [4.78, 5) is 29.1. The van der Waals surface area contributed by atoms with Crippen LogP contribution in [0.5, 0.6) is 5.75 Å². The number of methoxy groups -OCH3 is 1. The van der Waals surface area contributed by atoms with E-state index in [2.05, 4.69) is 15.6 Å². The summed E-state index contributed by atoms with van der Waals surface area (Å²) in [6.45, 7) is 2.36. The number of amides is 2. The average Bonchev–Trinajstić information content (AvgIpc) is 3.21. The summed E-state index contributed by atoms with van der Waals surface area (Å²) in [6.07, 6.45) is 0.582. The van der Waals surface area contributed by atoms with Crippen LogP contribution in [0.3, 0.4) is 0 Å². The Labute approximate surface area is 187 Å². The van der Waals surface area contributed by atoms with E-state index >= 15 is 0 Å². The maximum atomic E-state index is 13.9. The lowest BCUT2D eigenvalue weighted by Gasteiger charge is -2.13. The first-order valence-electron chi connectivity index (χ1n) is 9.81. The number of carbonyl (C=O) groups excluding carboxylic acids is 2. The predicted molar refractivity (Wildman–Crippen MR) is 120 cm³/mol. The van der Waals surface area contributed by atoms with Crippen molar-refractivity contribution in [3.05, 3.63) is 74.7 Å². The van der Waals surface area contributed by atoms with Gasteiger partial charge in [0.2, 0.25) is 0 Å². The van der Waals surface area contributed by atoms with Crippen LogP contribution in [0.15, 0.2) is 53.5 Å². The summed E-state index contributed by atoms with van der Waals surface area (Å²) in [7, 11) is 1.33. The summed E-state index contributed by atoms with van der Waals surface area (Å²) < 4.78 is 25.5. The molecule has 0 aliphatic carbocycles. The number of nitrogens with zero attached hydrogens (tertiary/aromatic N) is 1. The molecular weight excluding hydrogens is 433 g/mol. The zero-order valence-corrected chi connectivity index (χ0v) is 18.2. The Hall–Kier alpha value is -3.72. The topological polar surface area (TPSA) is 89.0 Å². The molecule has 0 spiro atoms. The minimum atomic E-state index is -0.570. The van der Waals surface area contributed by atoms with Gasteiger partial charge >= 0.3 is 12.0 Å². The average molecular weight is 453 g/mol. The molecule has 0 unspecified atom stereocenters. The molecule has 0 saturated heterocycles. The first-order chi connectivity index (χ1) is 15.4. The number of nitrogens with one attached hydrogen (secondary N) is 2. The van der Waals surface area contributed by atoms with Crippen molar-refractivity contribution in [3.8, 4) is 5.75 Å². The highest BCUT2D eigenvalue weighted by molar-refractivity contribution is 7.11. The van der Waals surface area contributed by atoms with Crippen LogP contribution in [0.1, 0.15) is 21.7 Å². The zero-order valence-electron chi connectivity index (χ0n) is 17.4. The van der Waals surface area contributed by atoms with E-state index in [-0.39, 0.29) is 5.69 Å². The second-order valence-corrected chi connectivity index (χ2v) is 8.12. The van der Waals surface area contributed by atoms with Crippen LogP contribution in [0, 0.1) is 12.7 Å². The molecule has 0 bridgehead atoms. The fourth-order valence-electron chi connectivity index (χ4n) is 3.19. The number of hydrogen-bond donors (Lipinski definition) is 2. The fourth-order valence-corrected chi connectivity index (χ4v) is 4.23. The van der Waals surface area contributed by atoms with Gasteiger partial charge in [0.05, 0.1) is 22.7 Å². The third kappa shape index (κ3) is 4.78. The predicted octanol–water partition coefficient (Wildman–Crippen LogP) is 3.84. The molecular formula is C23H20FN3O4S. The molecule has 2 aromatic carbocycles. The number of thiophene rings is 1. The highest BCUT2D eigenvalue weighted by atomic mass is 32.1. The van der Waals surface area contributed by atoms with Gasteiger partial charge in [0.15, 0.2) is 0 Å². The van der Waals surface area contributed by atoms with Gasteiger partial charge in [-0.05, 0) is 42.8 Å². The molecule has 2 heterocycles. The fraction of sp³-hybridized carbons (Fsp3) is 0.174. The Morgan fingerprint density at radius 2 is 1.97 bits per heavy atom. The third-order valence-electron chi connectivity index (χ3n) is 4.68. The molecule has 164 valence electrons. The number of ether oxygens (including phenoxy) is 2. The first kappa shape index (κ1) is 21.5. The van der Waals surface area contributed by atoms with E-state index in [0.29, 0.717) is 40.4 Å². The lowest BCUT2D eigenvalue weighted by atomic mass is 10.2. The number of anilines is 2. The summed E-state index contributed by atoms with van der Waals surface area (Å²) in [6, 6.07) is 12.5. The van der Waals surface area contributed by atoms with E-state index in [4.69, 9.17) is 9.47 Å². The van der Waals surface area contributed by atoms with Gasteiger partial charge < -0.3 is 20.1 Å². The van der Waals surface area contributed by atoms with Crippen LogP contribution >= 0.6 is 11.3 Å². The first-order valence-corrected chi connectivity index (χ1v) is 10.6. The number of rotatable bonds is 5. The number of aryl methyl sites for hydroxylation is 1. The van der Waals surface area contributed by atoms with Gasteiger partial charge in [-0.25, -0.2) is 14.0 Å². The molecule has 1 aromatic heterocycles. The molecule has 2 N–H and O–H groups in total. The van der Waals surface area contributed by atoms with Crippen molar-refractivity contribution in [2.75, 3.05) is 24.3 Å². The van der Waals surface area contributed by atoms with Crippen LogP contribution in [-0.4, -0.2) is 25.7 Å². The molecule has 7 nitrogen and oxygen atoms in total. The number of carbonyl (C=O) groups is 2. The third-order valence-corrected chi connectivity index (χ3v) is 5.82. The van der Waals surface area contributed by atoms with Crippen molar-refractivity contribution in [1.82, 2.24) is 0 Å². The van der Waals surface area contributed by atoms with Crippen molar-refractivity contribution in [1.29, 1.82) is 0 Å². The number of hydrogen-bond acceptors (Lipinski definition) is 6. The van der Waals surface area contributed by atoms with E-state index in [1.807, 2.05) is 6.92 Å². The van der Waals surface area contributed by atoms with E-state index in [1.54, 1.807) is 42.5 Å². The van der Waals surface area contributed by atoms with Gasteiger partial charge in [-0.3, -0.25) is 4.99 Å². The molecule has 4 rings (SSSR count). The second kappa shape index (κ2) is 9.19. The molecule has 3 aromatic rings. The zero-order chi connectivity index (χ0) is 22.7. The Morgan fingerprint density at radius 1 is 1.12 bits per heavy atom. The van der Waals surface area contributed by atoms with Crippen LogP contribution < -0.4 is 25.3 Å². The number of fused-ring (bicyclic) bond motifs is 1. The van der Waals surface area contributed by atoms with Crippen molar-refractivity contribution in [3.63, 3.8) is 0 Å². The number of benzene rings is 2. The van der Waals surface area contributed by atoms with Gasteiger partial charge in [-0.2, -0.15) is 0 Å². The summed E-state index contributed by atoms with van der Waals surface area (Å²) in [5.74, 6) is 0.278. The Morgan fingerprint density at radius 3 is 2.78 bits per heavy atom. The summed E-state index contributed by atoms with van der Waals surface area (Å²) in [5, 5.41) is 5.88.